The first kappa shape index (κ1) is 17.1. The predicted octanol–water partition coefficient (Wildman–Crippen LogP) is 2.00. The fourth-order valence-corrected chi connectivity index (χ4v) is 3.42. The summed E-state index contributed by atoms with van der Waals surface area (Å²) in [6.07, 6.45) is 2.76. The molecule has 0 aliphatic rings. The van der Waals surface area contributed by atoms with E-state index in [1.807, 2.05) is 35.7 Å². The van der Waals surface area contributed by atoms with Gasteiger partial charge in [-0.2, -0.15) is 5.10 Å². The molecule has 0 fully saturated rings. The fraction of sp³-hybridized carbons (Fsp3) is 0.167. The van der Waals surface area contributed by atoms with E-state index >= 15 is 0 Å². The van der Waals surface area contributed by atoms with E-state index in [0.29, 0.717) is 16.7 Å². The highest BCUT2D eigenvalue weighted by molar-refractivity contribution is 7.13. The van der Waals surface area contributed by atoms with Gasteiger partial charge < -0.3 is 4.74 Å². The Balaban J connectivity index is 1.41. The topological polar surface area (TPSA) is 91.9 Å². The minimum absolute atomic E-state index is 0.0550. The smallest absolute Gasteiger partial charge is 0.326 e. The van der Waals surface area contributed by atoms with Crippen LogP contribution in [0.2, 0.25) is 0 Å². The lowest BCUT2D eigenvalue weighted by Crippen LogP contribution is -2.25. The van der Waals surface area contributed by atoms with E-state index in [0.717, 1.165) is 10.6 Å². The number of aromatic nitrogens is 5. The molecule has 8 nitrogen and oxygen atoms in total. The quantitative estimate of drug-likeness (QED) is 0.491. The van der Waals surface area contributed by atoms with E-state index in [-0.39, 0.29) is 18.7 Å². The summed E-state index contributed by atoms with van der Waals surface area (Å²) >= 11 is 1.49. The van der Waals surface area contributed by atoms with Gasteiger partial charge in [-0.1, -0.05) is 30.3 Å². The van der Waals surface area contributed by atoms with Gasteiger partial charge in [-0.05, 0) is 0 Å². The molecule has 27 heavy (non-hydrogen) atoms. The van der Waals surface area contributed by atoms with Crippen LogP contribution < -0.4 is 5.56 Å². The molecule has 0 bridgehead atoms. The maximum atomic E-state index is 12.4. The minimum atomic E-state index is -0.531. The second-order valence-electron chi connectivity index (χ2n) is 5.85. The van der Waals surface area contributed by atoms with E-state index in [2.05, 4.69) is 15.1 Å². The van der Waals surface area contributed by atoms with Crippen LogP contribution in [0.3, 0.4) is 0 Å². The third-order valence-electron chi connectivity index (χ3n) is 3.97. The number of rotatable bonds is 5. The minimum Gasteiger partial charge on any atom is -0.458 e. The average molecular weight is 381 g/mol. The number of hydrogen-bond donors (Lipinski definition) is 0. The van der Waals surface area contributed by atoms with Crippen LogP contribution in [0.5, 0.6) is 0 Å². The number of fused-ring (bicyclic) bond motifs is 1. The lowest BCUT2D eigenvalue weighted by molar-refractivity contribution is -0.145. The average Bonchev–Trinajstić information content (AvgIpc) is 3.31. The number of carbonyl (C=O) groups is 1. The number of thiazole rings is 1. The summed E-state index contributed by atoms with van der Waals surface area (Å²) in [6.45, 7) is -0.161. The van der Waals surface area contributed by atoms with Crippen LogP contribution in [-0.4, -0.2) is 30.3 Å². The number of esters is 1. The Morgan fingerprint density at radius 1 is 1.26 bits per heavy atom. The molecule has 0 unspecified atom stereocenters. The monoisotopic (exact) mass is 381 g/mol. The van der Waals surface area contributed by atoms with Crippen molar-refractivity contribution in [1.29, 1.82) is 0 Å². The maximum Gasteiger partial charge on any atom is 0.326 e. The number of benzene rings is 1. The van der Waals surface area contributed by atoms with E-state index < -0.39 is 5.97 Å². The summed E-state index contributed by atoms with van der Waals surface area (Å²) < 4.78 is 7.97. The van der Waals surface area contributed by atoms with Crippen LogP contribution in [0.1, 0.15) is 5.69 Å². The zero-order valence-corrected chi connectivity index (χ0v) is 15.2. The molecule has 0 atom stereocenters. The van der Waals surface area contributed by atoms with E-state index in [4.69, 9.17) is 4.74 Å². The molecule has 0 aliphatic carbocycles. The van der Waals surface area contributed by atoms with Crippen LogP contribution in [0.4, 0.5) is 0 Å². The Morgan fingerprint density at radius 3 is 2.89 bits per heavy atom. The van der Waals surface area contributed by atoms with Crippen molar-refractivity contribution in [3.05, 3.63) is 64.3 Å². The Bertz CT molecular complexity index is 1160. The number of ether oxygens (including phenoxy) is 1. The second kappa shape index (κ2) is 7.12. The van der Waals surface area contributed by atoms with Crippen molar-refractivity contribution in [2.24, 2.45) is 7.05 Å². The first-order valence-electron chi connectivity index (χ1n) is 8.14. The van der Waals surface area contributed by atoms with Crippen molar-refractivity contribution in [3.63, 3.8) is 0 Å². The van der Waals surface area contributed by atoms with Gasteiger partial charge in [0.05, 0.1) is 11.9 Å². The van der Waals surface area contributed by atoms with Gasteiger partial charge in [0.2, 0.25) is 0 Å². The molecule has 0 saturated carbocycles. The highest BCUT2D eigenvalue weighted by Gasteiger charge is 2.12. The molecule has 0 amide bonds. The molecule has 1 aromatic carbocycles. The van der Waals surface area contributed by atoms with Crippen LogP contribution in [0.25, 0.3) is 21.6 Å². The van der Waals surface area contributed by atoms with Crippen LogP contribution in [-0.2, 0) is 29.7 Å². The van der Waals surface area contributed by atoms with Gasteiger partial charge in [0, 0.05) is 18.0 Å². The summed E-state index contributed by atoms with van der Waals surface area (Å²) in [5.41, 5.74) is 1.83. The lowest BCUT2D eigenvalue weighted by Gasteiger charge is -2.05. The van der Waals surface area contributed by atoms with E-state index in [9.17, 15) is 9.59 Å². The predicted molar refractivity (Wildman–Crippen MR) is 100 cm³/mol. The van der Waals surface area contributed by atoms with Crippen molar-refractivity contribution in [3.8, 4) is 10.6 Å². The van der Waals surface area contributed by atoms with Gasteiger partial charge in [-0.15, -0.1) is 11.3 Å². The second-order valence-corrected chi connectivity index (χ2v) is 6.71. The van der Waals surface area contributed by atoms with Gasteiger partial charge in [0.25, 0.3) is 5.56 Å². The summed E-state index contributed by atoms with van der Waals surface area (Å²) in [6, 6.07) is 9.78. The highest BCUT2D eigenvalue weighted by Crippen LogP contribution is 2.23. The third-order valence-corrected chi connectivity index (χ3v) is 4.91. The molecule has 136 valence electrons. The maximum absolute atomic E-state index is 12.4. The molecule has 4 rings (SSSR count). The molecule has 3 aromatic heterocycles. The number of aryl methyl sites for hydroxylation is 1. The first-order valence-corrected chi connectivity index (χ1v) is 9.02. The van der Waals surface area contributed by atoms with Gasteiger partial charge in [0.1, 0.15) is 29.9 Å². The Kier molecular flexibility index (Phi) is 4.51. The highest BCUT2D eigenvalue weighted by atomic mass is 32.1. The largest absolute Gasteiger partial charge is 0.458 e. The van der Waals surface area contributed by atoms with Gasteiger partial charge in [-0.3, -0.25) is 18.8 Å². The van der Waals surface area contributed by atoms with Gasteiger partial charge in [0.15, 0.2) is 5.65 Å². The molecule has 9 heteroatoms. The summed E-state index contributed by atoms with van der Waals surface area (Å²) in [4.78, 5) is 33.1. The molecule has 0 aliphatic heterocycles. The normalized spacial score (nSPS) is 11.0. The van der Waals surface area contributed by atoms with E-state index in [1.165, 1.54) is 33.1 Å². The summed E-state index contributed by atoms with van der Waals surface area (Å²) in [5.74, 6) is -0.531. The number of carbonyl (C=O) groups excluding carboxylic acids is 1. The van der Waals surface area contributed by atoms with Gasteiger partial charge >= 0.3 is 5.97 Å². The van der Waals surface area contributed by atoms with Gasteiger partial charge in [-0.25, -0.2) is 9.97 Å². The number of hydrogen-bond acceptors (Lipinski definition) is 7. The molecule has 0 spiro atoms. The fourth-order valence-electron chi connectivity index (χ4n) is 2.60. The SMILES string of the molecule is Cn1ncc2c(=O)n(CC(=O)OCc3csc(-c4ccccc4)n3)cnc21. The molecule has 3 heterocycles. The summed E-state index contributed by atoms with van der Waals surface area (Å²) in [7, 11) is 1.70. The van der Waals surface area contributed by atoms with Crippen molar-refractivity contribution in [2.45, 2.75) is 13.2 Å². The Hall–Kier alpha value is -3.33. The third kappa shape index (κ3) is 3.49. The Labute approximate surface area is 157 Å². The van der Waals surface area contributed by atoms with Crippen LogP contribution in [0.15, 0.2) is 53.0 Å². The molecule has 0 saturated heterocycles. The zero-order chi connectivity index (χ0) is 18.8. The lowest BCUT2D eigenvalue weighted by atomic mass is 10.2. The Morgan fingerprint density at radius 2 is 2.07 bits per heavy atom. The standard InChI is InChI=1S/C18H15N5O3S/c1-22-16-14(7-20-22)18(25)23(11-19-16)8-15(24)26-9-13-10-27-17(21-13)12-5-3-2-4-6-12/h2-7,10-11H,8-9H2,1H3. The number of nitrogens with zero attached hydrogens (tertiary/aromatic N) is 5. The summed E-state index contributed by atoms with van der Waals surface area (Å²) in [5, 5.41) is 7.08. The van der Waals surface area contributed by atoms with E-state index in [1.54, 1.807) is 7.05 Å². The van der Waals surface area contributed by atoms with Crippen molar-refractivity contribution >= 4 is 28.3 Å². The molecule has 0 N–H and O–H groups in total. The molecule has 4 aromatic rings. The van der Waals surface area contributed by atoms with Crippen molar-refractivity contribution in [2.75, 3.05) is 0 Å². The molecule has 0 radical (unpaired) electrons. The van der Waals surface area contributed by atoms with Crippen LogP contribution in [0, 0.1) is 0 Å². The van der Waals surface area contributed by atoms with Crippen molar-refractivity contribution < 1.29 is 9.53 Å². The first-order chi connectivity index (χ1) is 13.1. The molecular formula is C18H15N5O3S. The van der Waals surface area contributed by atoms with Crippen LogP contribution >= 0.6 is 11.3 Å². The zero-order valence-electron chi connectivity index (χ0n) is 14.4. The molecular weight excluding hydrogens is 366 g/mol. The van der Waals surface area contributed by atoms with Crippen molar-refractivity contribution in [1.82, 2.24) is 24.3 Å².